The van der Waals surface area contributed by atoms with Crippen molar-refractivity contribution in [3.05, 3.63) is 210 Å². The smallest absolute Gasteiger partial charge is 0.140 e. The van der Waals surface area contributed by atoms with Crippen molar-refractivity contribution in [3.8, 4) is 22.6 Å². The Hall–Kier alpha value is -6.64. The fourth-order valence-electron chi connectivity index (χ4n) is 9.04. The SMILES string of the molecule is c1ccc2c(c1)Oc1c(ccc3ccccc13)C21c2ccccc2-c2c(N(c3cccc4ccccc34)c3cccc4ccccc34)cccc21. The predicted octanol–water partition coefficient (Wildman–Crippen LogP) is 13.1. The molecule has 1 aliphatic heterocycles. The highest BCUT2D eigenvalue weighted by molar-refractivity contribution is 6.08. The quantitative estimate of drug-likeness (QED) is 0.189. The van der Waals surface area contributed by atoms with Gasteiger partial charge in [-0.25, -0.2) is 0 Å². The summed E-state index contributed by atoms with van der Waals surface area (Å²) in [6.45, 7) is 0. The molecule has 238 valence electrons. The number of anilines is 3. The molecule has 0 fully saturated rings. The average molecular weight is 650 g/mol. The molecule has 1 heterocycles. The lowest BCUT2D eigenvalue weighted by atomic mass is 9.65. The average Bonchev–Trinajstić information content (AvgIpc) is 3.49. The van der Waals surface area contributed by atoms with Crippen LogP contribution >= 0.6 is 0 Å². The molecule has 11 rings (SSSR count). The van der Waals surface area contributed by atoms with Crippen molar-refractivity contribution in [3.63, 3.8) is 0 Å². The van der Waals surface area contributed by atoms with Gasteiger partial charge in [0, 0.05) is 32.8 Å². The Morgan fingerprint density at radius 1 is 0.353 bits per heavy atom. The van der Waals surface area contributed by atoms with E-state index in [-0.39, 0.29) is 0 Å². The standard InChI is InChI=1S/C49H31NO/c1-4-19-35-32(14-1)17-11-26-43(35)50(44-27-12-18-33-15-2-5-20-36(33)44)45-28-13-25-41-47(45)38-22-7-8-23-39(38)49(41)40-24-9-10-29-46(40)51-48-37-21-6-3-16-34(37)30-31-42(48)49/h1-31H. The van der Waals surface area contributed by atoms with Gasteiger partial charge in [-0.05, 0) is 57.1 Å². The summed E-state index contributed by atoms with van der Waals surface area (Å²) in [6, 6.07) is 68.5. The monoisotopic (exact) mass is 649 g/mol. The van der Waals surface area contributed by atoms with Gasteiger partial charge in [0.15, 0.2) is 0 Å². The minimum atomic E-state index is -0.584. The molecule has 0 aromatic heterocycles. The van der Waals surface area contributed by atoms with E-state index in [9.17, 15) is 0 Å². The summed E-state index contributed by atoms with van der Waals surface area (Å²) >= 11 is 0. The van der Waals surface area contributed by atoms with E-state index in [2.05, 4.69) is 193 Å². The maximum Gasteiger partial charge on any atom is 0.140 e. The summed E-state index contributed by atoms with van der Waals surface area (Å²) in [6.07, 6.45) is 0. The van der Waals surface area contributed by atoms with Gasteiger partial charge < -0.3 is 9.64 Å². The Kier molecular flexibility index (Phi) is 5.91. The molecular weight excluding hydrogens is 619 g/mol. The van der Waals surface area contributed by atoms with Crippen LogP contribution in [0.5, 0.6) is 11.5 Å². The number of rotatable bonds is 3. The number of para-hydroxylation sites is 1. The summed E-state index contributed by atoms with van der Waals surface area (Å²) in [5.74, 6) is 1.83. The third kappa shape index (κ3) is 3.82. The number of nitrogens with zero attached hydrogens (tertiary/aromatic N) is 1. The first kappa shape index (κ1) is 28.2. The molecule has 9 aromatic rings. The third-order valence-corrected chi connectivity index (χ3v) is 11.1. The van der Waals surface area contributed by atoms with E-state index in [1.165, 1.54) is 54.7 Å². The molecule has 1 atom stereocenters. The van der Waals surface area contributed by atoms with Crippen LogP contribution in [0.4, 0.5) is 17.1 Å². The zero-order valence-corrected chi connectivity index (χ0v) is 27.8. The lowest BCUT2D eigenvalue weighted by Gasteiger charge is -2.40. The molecule has 2 heteroatoms. The van der Waals surface area contributed by atoms with Gasteiger partial charge in [-0.3, -0.25) is 0 Å². The molecule has 0 N–H and O–H groups in total. The Bertz CT molecular complexity index is 2780. The first-order valence-electron chi connectivity index (χ1n) is 17.6. The molecule has 51 heavy (non-hydrogen) atoms. The van der Waals surface area contributed by atoms with Crippen LogP contribution in [0.2, 0.25) is 0 Å². The predicted molar refractivity (Wildman–Crippen MR) is 211 cm³/mol. The summed E-state index contributed by atoms with van der Waals surface area (Å²) in [4.78, 5) is 2.51. The number of ether oxygens (including phenoxy) is 1. The van der Waals surface area contributed by atoms with Crippen LogP contribution in [-0.2, 0) is 5.41 Å². The Labute approximate surface area is 296 Å². The summed E-state index contributed by atoms with van der Waals surface area (Å²) in [5.41, 5.74) is 10.2. The van der Waals surface area contributed by atoms with Crippen LogP contribution in [0.3, 0.4) is 0 Å². The number of fused-ring (bicyclic) bond motifs is 13. The van der Waals surface area contributed by atoms with Crippen molar-refractivity contribution in [2.45, 2.75) is 5.41 Å². The lowest BCUT2D eigenvalue weighted by Crippen LogP contribution is -2.32. The maximum absolute atomic E-state index is 6.91. The molecule has 0 saturated heterocycles. The van der Waals surface area contributed by atoms with Gasteiger partial charge in [-0.2, -0.15) is 0 Å². The molecular formula is C49H31NO. The lowest BCUT2D eigenvalue weighted by molar-refractivity contribution is 0.441. The van der Waals surface area contributed by atoms with Crippen LogP contribution < -0.4 is 9.64 Å². The molecule has 0 saturated carbocycles. The first-order chi connectivity index (χ1) is 25.3. The van der Waals surface area contributed by atoms with Crippen molar-refractivity contribution in [1.29, 1.82) is 0 Å². The molecule has 1 unspecified atom stereocenters. The van der Waals surface area contributed by atoms with Crippen LogP contribution in [0, 0.1) is 0 Å². The minimum absolute atomic E-state index is 0.584. The van der Waals surface area contributed by atoms with Crippen molar-refractivity contribution in [2.24, 2.45) is 0 Å². The number of benzene rings is 9. The van der Waals surface area contributed by atoms with E-state index in [0.717, 1.165) is 39.5 Å². The fraction of sp³-hybridized carbons (Fsp3) is 0.0204. The van der Waals surface area contributed by atoms with E-state index in [1.807, 2.05) is 0 Å². The van der Waals surface area contributed by atoms with Gasteiger partial charge in [0.05, 0.1) is 22.5 Å². The Morgan fingerprint density at radius 2 is 0.863 bits per heavy atom. The van der Waals surface area contributed by atoms with Gasteiger partial charge in [0.25, 0.3) is 0 Å². The molecule has 1 spiro atoms. The second-order valence-corrected chi connectivity index (χ2v) is 13.6. The molecule has 2 aliphatic rings. The highest BCUT2D eigenvalue weighted by Gasteiger charge is 2.52. The largest absolute Gasteiger partial charge is 0.456 e. The minimum Gasteiger partial charge on any atom is -0.456 e. The van der Waals surface area contributed by atoms with Gasteiger partial charge in [-0.15, -0.1) is 0 Å². The van der Waals surface area contributed by atoms with E-state index >= 15 is 0 Å². The van der Waals surface area contributed by atoms with Crippen molar-refractivity contribution in [2.75, 3.05) is 4.90 Å². The number of hydrogen-bond donors (Lipinski definition) is 0. The topological polar surface area (TPSA) is 12.5 Å². The van der Waals surface area contributed by atoms with Gasteiger partial charge in [-0.1, -0.05) is 164 Å². The third-order valence-electron chi connectivity index (χ3n) is 11.1. The molecule has 2 nitrogen and oxygen atoms in total. The normalized spacial score (nSPS) is 15.3. The zero-order valence-electron chi connectivity index (χ0n) is 27.8. The second-order valence-electron chi connectivity index (χ2n) is 13.6. The molecule has 9 aromatic carbocycles. The van der Waals surface area contributed by atoms with Gasteiger partial charge in [0.2, 0.25) is 0 Å². The zero-order chi connectivity index (χ0) is 33.5. The molecule has 0 amide bonds. The fourth-order valence-corrected chi connectivity index (χ4v) is 9.04. The van der Waals surface area contributed by atoms with Crippen molar-refractivity contribution >= 4 is 49.4 Å². The van der Waals surface area contributed by atoms with E-state index in [0.29, 0.717) is 0 Å². The van der Waals surface area contributed by atoms with Crippen LogP contribution in [0.1, 0.15) is 22.3 Å². The van der Waals surface area contributed by atoms with Gasteiger partial charge in [0.1, 0.15) is 11.5 Å². The molecule has 0 radical (unpaired) electrons. The van der Waals surface area contributed by atoms with Crippen LogP contribution in [-0.4, -0.2) is 0 Å². The van der Waals surface area contributed by atoms with Crippen LogP contribution in [0.25, 0.3) is 43.4 Å². The molecule has 0 bridgehead atoms. The summed E-state index contributed by atoms with van der Waals surface area (Å²) in [7, 11) is 0. The number of hydrogen-bond acceptors (Lipinski definition) is 2. The summed E-state index contributed by atoms with van der Waals surface area (Å²) in [5, 5.41) is 7.13. The highest BCUT2D eigenvalue weighted by atomic mass is 16.5. The Balaban J connectivity index is 1.30. The highest BCUT2D eigenvalue weighted by Crippen LogP contribution is 2.65. The second kappa shape index (κ2) is 10.7. The van der Waals surface area contributed by atoms with E-state index in [1.54, 1.807) is 0 Å². The first-order valence-corrected chi connectivity index (χ1v) is 17.6. The molecule has 1 aliphatic carbocycles. The Morgan fingerprint density at radius 3 is 1.59 bits per heavy atom. The van der Waals surface area contributed by atoms with E-state index < -0.39 is 5.41 Å². The van der Waals surface area contributed by atoms with Crippen molar-refractivity contribution in [1.82, 2.24) is 0 Å². The van der Waals surface area contributed by atoms with Crippen molar-refractivity contribution < 1.29 is 4.74 Å². The maximum atomic E-state index is 6.91. The van der Waals surface area contributed by atoms with Crippen LogP contribution in [0.15, 0.2) is 188 Å². The summed E-state index contributed by atoms with van der Waals surface area (Å²) < 4.78 is 6.91. The van der Waals surface area contributed by atoms with E-state index in [4.69, 9.17) is 4.74 Å². The van der Waals surface area contributed by atoms with Gasteiger partial charge >= 0.3 is 0 Å².